The van der Waals surface area contributed by atoms with Gasteiger partial charge >= 0.3 is 0 Å². The van der Waals surface area contributed by atoms with E-state index < -0.39 is 5.41 Å². The molecule has 3 nitrogen and oxygen atoms in total. The number of fused-ring (bicyclic) bond motifs is 13. The van der Waals surface area contributed by atoms with Crippen LogP contribution in [0.15, 0.2) is 212 Å². The monoisotopic (exact) mass is 805 g/mol. The Morgan fingerprint density at radius 3 is 1.45 bits per heavy atom. The highest BCUT2D eigenvalue weighted by Crippen LogP contribution is 2.63. The Balaban J connectivity index is 1.01. The van der Waals surface area contributed by atoms with Gasteiger partial charge in [-0.15, -0.1) is 11.3 Å². The van der Waals surface area contributed by atoms with Gasteiger partial charge < -0.3 is 0 Å². The second-order valence-electron chi connectivity index (χ2n) is 16.2. The molecule has 0 unspecified atom stereocenters. The zero-order chi connectivity index (χ0) is 40.8. The van der Waals surface area contributed by atoms with Gasteiger partial charge in [0.05, 0.1) is 5.41 Å². The molecule has 288 valence electrons. The van der Waals surface area contributed by atoms with E-state index in [2.05, 4.69) is 212 Å². The largest absolute Gasteiger partial charge is 0.208 e. The molecule has 0 N–H and O–H groups in total. The molecule has 2 heterocycles. The maximum Gasteiger partial charge on any atom is 0.164 e. The van der Waals surface area contributed by atoms with Crippen molar-refractivity contribution in [2.24, 2.45) is 0 Å². The molecule has 9 aromatic carbocycles. The standard InChI is InChI=1S/C58H35N3S/c1-2-15-36(16-3-1)40-17-4-5-22-48(40)57-60-55(38-31-29-37(30-32-38)41-23-14-24-47-46-21-9-13-28-53(46)62-54(41)47)59-56(61-57)39-33-34-45-44-20-8-12-27-51(44)58(52(45)35-39)49-25-10-6-18-42(49)43-19-7-11-26-50(43)58/h1-35H. The van der Waals surface area contributed by atoms with Crippen molar-refractivity contribution in [2.45, 2.75) is 5.41 Å². The molecule has 0 fully saturated rings. The van der Waals surface area contributed by atoms with Crippen molar-refractivity contribution in [1.29, 1.82) is 0 Å². The van der Waals surface area contributed by atoms with Crippen LogP contribution in [0.3, 0.4) is 0 Å². The lowest BCUT2D eigenvalue weighted by atomic mass is 9.70. The average Bonchev–Trinajstić information content (AvgIpc) is 3.98. The summed E-state index contributed by atoms with van der Waals surface area (Å²) in [6.45, 7) is 0. The van der Waals surface area contributed by atoms with Crippen molar-refractivity contribution >= 4 is 31.5 Å². The van der Waals surface area contributed by atoms with Gasteiger partial charge in [0.25, 0.3) is 0 Å². The summed E-state index contributed by atoms with van der Waals surface area (Å²) in [4.78, 5) is 16.0. The lowest BCUT2D eigenvalue weighted by Crippen LogP contribution is -2.25. The molecule has 0 radical (unpaired) electrons. The predicted octanol–water partition coefficient (Wildman–Crippen LogP) is 14.9. The number of hydrogen-bond donors (Lipinski definition) is 0. The summed E-state index contributed by atoms with van der Waals surface area (Å²) in [5, 5.41) is 2.59. The van der Waals surface area contributed by atoms with Crippen LogP contribution in [-0.2, 0) is 5.41 Å². The highest BCUT2D eigenvalue weighted by Gasteiger charge is 2.51. The van der Waals surface area contributed by atoms with E-state index in [9.17, 15) is 0 Å². The van der Waals surface area contributed by atoms with Crippen molar-refractivity contribution in [1.82, 2.24) is 15.0 Å². The first-order chi connectivity index (χ1) is 30.7. The van der Waals surface area contributed by atoms with E-state index in [1.54, 1.807) is 0 Å². The molecule has 1 spiro atoms. The van der Waals surface area contributed by atoms with Crippen molar-refractivity contribution < 1.29 is 0 Å². The van der Waals surface area contributed by atoms with E-state index in [1.165, 1.54) is 70.2 Å². The van der Waals surface area contributed by atoms with Crippen LogP contribution in [0.4, 0.5) is 0 Å². The minimum atomic E-state index is -0.471. The maximum atomic E-state index is 5.36. The first-order valence-corrected chi connectivity index (χ1v) is 21.9. The third-order valence-corrected chi connectivity index (χ3v) is 14.2. The Bertz CT molecular complexity index is 3520. The molecule has 0 saturated heterocycles. The molecule has 11 aromatic rings. The number of aromatic nitrogens is 3. The fourth-order valence-corrected chi connectivity index (χ4v) is 11.5. The summed E-state index contributed by atoms with van der Waals surface area (Å²) in [5.74, 6) is 1.91. The van der Waals surface area contributed by atoms with E-state index in [1.807, 2.05) is 11.3 Å². The van der Waals surface area contributed by atoms with Crippen LogP contribution in [0.2, 0.25) is 0 Å². The molecule has 0 atom stereocenters. The van der Waals surface area contributed by atoms with E-state index in [-0.39, 0.29) is 0 Å². The van der Waals surface area contributed by atoms with Crippen LogP contribution in [0, 0.1) is 0 Å². The summed E-state index contributed by atoms with van der Waals surface area (Å²) in [6.07, 6.45) is 0. The van der Waals surface area contributed by atoms with Gasteiger partial charge in [-0.2, -0.15) is 0 Å². The second-order valence-corrected chi connectivity index (χ2v) is 17.3. The van der Waals surface area contributed by atoms with Gasteiger partial charge in [-0.25, -0.2) is 15.0 Å². The SMILES string of the molecule is c1ccc(-c2ccccc2-c2nc(-c3ccc(-c4cccc5c4sc4ccccc45)cc3)nc(-c3ccc4c(c3)C3(c5ccccc5-c5ccccc53)c3ccccc3-4)n2)cc1. The quantitative estimate of drug-likeness (QED) is 0.174. The molecule has 62 heavy (non-hydrogen) atoms. The minimum absolute atomic E-state index is 0.471. The number of rotatable bonds is 5. The molecule has 13 rings (SSSR count). The van der Waals surface area contributed by atoms with Crippen LogP contribution in [0.5, 0.6) is 0 Å². The molecule has 0 aliphatic heterocycles. The zero-order valence-electron chi connectivity index (χ0n) is 33.5. The molecule has 2 aliphatic carbocycles. The van der Waals surface area contributed by atoms with E-state index >= 15 is 0 Å². The first-order valence-electron chi connectivity index (χ1n) is 21.1. The van der Waals surface area contributed by atoms with Crippen molar-refractivity contribution in [3.63, 3.8) is 0 Å². The Labute approximate surface area is 363 Å². The highest BCUT2D eigenvalue weighted by atomic mass is 32.1. The van der Waals surface area contributed by atoms with Crippen molar-refractivity contribution in [3.05, 3.63) is 235 Å². The van der Waals surface area contributed by atoms with Crippen LogP contribution in [0.25, 0.3) is 98.8 Å². The fraction of sp³-hybridized carbons (Fsp3) is 0.0172. The van der Waals surface area contributed by atoms with Gasteiger partial charge in [-0.05, 0) is 78.9 Å². The average molecular weight is 806 g/mol. The topological polar surface area (TPSA) is 38.7 Å². The predicted molar refractivity (Wildman–Crippen MR) is 256 cm³/mol. The van der Waals surface area contributed by atoms with E-state index in [0.717, 1.165) is 33.4 Å². The Morgan fingerprint density at radius 1 is 0.290 bits per heavy atom. The van der Waals surface area contributed by atoms with E-state index in [4.69, 9.17) is 15.0 Å². The van der Waals surface area contributed by atoms with Gasteiger partial charge in [0.2, 0.25) is 0 Å². The molecule has 0 amide bonds. The van der Waals surface area contributed by atoms with Crippen molar-refractivity contribution in [3.8, 4) is 78.7 Å². The summed E-state index contributed by atoms with van der Waals surface area (Å²) in [7, 11) is 0. The summed E-state index contributed by atoms with van der Waals surface area (Å²) in [6, 6.07) is 76.6. The van der Waals surface area contributed by atoms with Crippen LogP contribution < -0.4 is 0 Å². The van der Waals surface area contributed by atoms with Gasteiger partial charge in [-0.3, -0.25) is 0 Å². The lowest BCUT2D eigenvalue weighted by Gasteiger charge is -2.30. The highest BCUT2D eigenvalue weighted by molar-refractivity contribution is 7.26. The molecule has 4 heteroatoms. The second kappa shape index (κ2) is 13.6. The van der Waals surface area contributed by atoms with Crippen LogP contribution >= 0.6 is 11.3 Å². The normalized spacial score (nSPS) is 13.0. The van der Waals surface area contributed by atoms with Crippen LogP contribution in [-0.4, -0.2) is 15.0 Å². The summed E-state index contributed by atoms with van der Waals surface area (Å²) >= 11 is 1.85. The minimum Gasteiger partial charge on any atom is -0.208 e. The Kier molecular flexibility index (Phi) is 7.69. The smallest absolute Gasteiger partial charge is 0.164 e. The summed E-state index contributed by atoms with van der Waals surface area (Å²) < 4.78 is 2.60. The van der Waals surface area contributed by atoms with E-state index in [0.29, 0.717) is 17.5 Å². The molecule has 2 aliphatic rings. The number of hydrogen-bond acceptors (Lipinski definition) is 4. The van der Waals surface area contributed by atoms with Crippen molar-refractivity contribution in [2.75, 3.05) is 0 Å². The molecule has 0 saturated carbocycles. The summed E-state index contributed by atoms with van der Waals surface area (Å²) in [5.41, 5.74) is 17.2. The number of benzene rings is 9. The molecular weight excluding hydrogens is 771 g/mol. The lowest BCUT2D eigenvalue weighted by molar-refractivity contribution is 0.794. The Morgan fingerprint density at radius 2 is 0.758 bits per heavy atom. The van der Waals surface area contributed by atoms with Gasteiger partial charge in [0, 0.05) is 36.9 Å². The third-order valence-electron chi connectivity index (χ3n) is 13.0. The van der Waals surface area contributed by atoms with Gasteiger partial charge in [0.1, 0.15) is 0 Å². The maximum absolute atomic E-state index is 5.36. The molecule has 0 bridgehead atoms. The number of thiophene rings is 1. The van der Waals surface area contributed by atoms with Crippen LogP contribution in [0.1, 0.15) is 22.3 Å². The first kappa shape index (κ1) is 35.0. The Hall–Kier alpha value is -7.79. The number of nitrogens with zero attached hydrogens (tertiary/aromatic N) is 3. The van der Waals surface area contributed by atoms with Gasteiger partial charge in [-0.1, -0.05) is 200 Å². The zero-order valence-corrected chi connectivity index (χ0v) is 34.3. The third kappa shape index (κ3) is 5.08. The van der Waals surface area contributed by atoms with Gasteiger partial charge in [0.15, 0.2) is 17.5 Å². The molecule has 2 aromatic heterocycles. The fourth-order valence-electron chi connectivity index (χ4n) is 10.3. The molecular formula is C58H35N3S.